The number of nitrogens with one attached hydrogen (secondary N) is 1. The number of halogens is 3. The summed E-state index contributed by atoms with van der Waals surface area (Å²) in [7, 11) is -3.39. The molecule has 2 aromatic carbocycles. The van der Waals surface area contributed by atoms with Gasteiger partial charge in [-0.3, -0.25) is 9.10 Å². The zero-order chi connectivity index (χ0) is 20.4. The van der Waals surface area contributed by atoms with Gasteiger partial charge in [-0.05, 0) is 36.8 Å². The van der Waals surface area contributed by atoms with Gasteiger partial charge in [0.15, 0.2) is 6.61 Å². The molecule has 0 atom stereocenters. The van der Waals surface area contributed by atoms with Crippen molar-refractivity contribution >= 4 is 27.3 Å². The molecule has 1 N–H and O–H groups in total. The first-order chi connectivity index (χ1) is 13.2. The number of hydrogen-bond donors (Lipinski definition) is 1. The van der Waals surface area contributed by atoms with E-state index in [4.69, 9.17) is 4.74 Å². The summed E-state index contributed by atoms with van der Waals surface area (Å²) in [6.07, 6.45) is -4.00. The minimum atomic E-state index is -4.51. The molecule has 0 aliphatic carbocycles. The average molecular weight is 414 g/mol. The Balaban J connectivity index is 1.78. The Morgan fingerprint density at radius 2 is 1.89 bits per heavy atom. The lowest BCUT2D eigenvalue weighted by Gasteiger charge is -2.18. The number of nitrogens with zero attached hydrogens (tertiary/aromatic N) is 1. The van der Waals surface area contributed by atoms with Gasteiger partial charge in [-0.15, -0.1) is 0 Å². The second-order valence-corrected chi connectivity index (χ2v) is 8.16. The number of rotatable bonds is 5. The molecule has 150 valence electrons. The molecule has 0 bridgehead atoms. The van der Waals surface area contributed by atoms with Crippen molar-refractivity contribution in [2.45, 2.75) is 12.6 Å². The van der Waals surface area contributed by atoms with Crippen molar-refractivity contribution in [2.24, 2.45) is 0 Å². The van der Waals surface area contributed by atoms with Crippen LogP contribution in [0.4, 0.5) is 24.5 Å². The third-order valence-corrected chi connectivity index (χ3v) is 5.89. The summed E-state index contributed by atoms with van der Waals surface area (Å²) in [4.78, 5) is 12.5. The fraction of sp³-hybridized carbons (Fsp3) is 0.278. The van der Waals surface area contributed by atoms with E-state index in [-0.39, 0.29) is 22.8 Å². The van der Waals surface area contributed by atoms with Crippen molar-refractivity contribution in [1.82, 2.24) is 0 Å². The van der Waals surface area contributed by atoms with Crippen LogP contribution >= 0.6 is 0 Å². The predicted molar refractivity (Wildman–Crippen MR) is 98.1 cm³/mol. The Labute approximate surface area is 160 Å². The lowest BCUT2D eigenvalue weighted by Crippen LogP contribution is -2.25. The van der Waals surface area contributed by atoms with Gasteiger partial charge in [0.05, 0.1) is 17.1 Å². The fourth-order valence-corrected chi connectivity index (χ4v) is 4.34. The predicted octanol–water partition coefficient (Wildman–Crippen LogP) is 3.42. The number of benzene rings is 2. The maximum atomic E-state index is 12.5. The maximum absolute atomic E-state index is 12.5. The number of para-hydroxylation sites is 2. The molecule has 1 heterocycles. The van der Waals surface area contributed by atoms with Gasteiger partial charge >= 0.3 is 6.18 Å². The average Bonchev–Trinajstić information content (AvgIpc) is 2.99. The van der Waals surface area contributed by atoms with Gasteiger partial charge in [-0.1, -0.05) is 18.2 Å². The number of anilines is 2. The highest BCUT2D eigenvalue weighted by molar-refractivity contribution is 7.93. The lowest BCUT2D eigenvalue weighted by molar-refractivity contribution is -0.153. The highest BCUT2D eigenvalue weighted by Crippen LogP contribution is 2.28. The number of sulfonamides is 1. The normalized spacial score (nSPS) is 16.0. The van der Waals surface area contributed by atoms with Gasteiger partial charge in [0.25, 0.3) is 5.91 Å². The molecular weight excluding hydrogens is 397 g/mol. The summed E-state index contributed by atoms with van der Waals surface area (Å²) in [5.41, 5.74) is 0.618. The van der Waals surface area contributed by atoms with E-state index in [9.17, 15) is 26.4 Å². The molecule has 1 amide bonds. The summed E-state index contributed by atoms with van der Waals surface area (Å²) < 4.78 is 67.2. The van der Waals surface area contributed by atoms with Gasteiger partial charge in [-0.25, -0.2) is 8.42 Å². The zero-order valence-corrected chi connectivity index (χ0v) is 15.4. The van der Waals surface area contributed by atoms with Crippen LogP contribution in [-0.4, -0.2) is 39.4 Å². The van der Waals surface area contributed by atoms with E-state index in [2.05, 4.69) is 5.32 Å². The van der Waals surface area contributed by atoms with Crippen molar-refractivity contribution in [3.8, 4) is 5.75 Å². The van der Waals surface area contributed by atoms with Crippen molar-refractivity contribution in [1.29, 1.82) is 0 Å². The first kappa shape index (κ1) is 20.0. The molecule has 0 spiro atoms. The van der Waals surface area contributed by atoms with Gasteiger partial charge in [-0.2, -0.15) is 13.2 Å². The molecule has 3 rings (SSSR count). The van der Waals surface area contributed by atoms with Gasteiger partial charge in [0.1, 0.15) is 5.75 Å². The van der Waals surface area contributed by atoms with Crippen LogP contribution in [0.15, 0.2) is 48.5 Å². The molecule has 10 heteroatoms. The Morgan fingerprint density at radius 1 is 1.14 bits per heavy atom. The number of carbonyl (C=O) groups is 1. The minimum Gasteiger partial charge on any atom is -0.482 e. The largest absolute Gasteiger partial charge is 0.482 e. The molecule has 6 nitrogen and oxygen atoms in total. The lowest BCUT2D eigenvalue weighted by atomic mass is 10.1. The van der Waals surface area contributed by atoms with E-state index in [0.717, 1.165) is 0 Å². The molecule has 0 aromatic heterocycles. The van der Waals surface area contributed by atoms with E-state index >= 15 is 0 Å². The van der Waals surface area contributed by atoms with Crippen LogP contribution in [0.5, 0.6) is 5.75 Å². The highest BCUT2D eigenvalue weighted by atomic mass is 32.2. The van der Waals surface area contributed by atoms with Crippen molar-refractivity contribution in [3.63, 3.8) is 0 Å². The third-order valence-electron chi connectivity index (χ3n) is 4.02. The van der Waals surface area contributed by atoms with Crippen molar-refractivity contribution in [3.05, 3.63) is 54.1 Å². The van der Waals surface area contributed by atoms with Crippen LogP contribution in [0.3, 0.4) is 0 Å². The quantitative estimate of drug-likeness (QED) is 0.814. The van der Waals surface area contributed by atoms with Crippen LogP contribution in [0.2, 0.25) is 0 Å². The summed E-state index contributed by atoms with van der Waals surface area (Å²) in [5.74, 6) is -0.666. The standard InChI is InChI=1S/C18H17F3N2O4S/c19-18(20,21)12-27-16-8-2-1-7-15(16)22-17(24)13-5-3-6-14(11-13)23-9-4-10-28(23,25)26/h1-3,5-8,11H,4,9-10,12H2,(H,22,24). The summed E-state index contributed by atoms with van der Waals surface area (Å²) in [6.45, 7) is -1.15. The summed E-state index contributed by atoms with van der Waals surface area (Å²) >= 11 is 0. The van der Waals surface area contributed by atoms with Crippen LogP contribution in [-0.2, 0) is 10.0 Å². The number of ether oxygens (including phenoxy) is 1. The molecule has 1 saturated heterocycles. The number of carbonyl (C=O) groups excluding carboxylic acids is 1. The van der Waals surface area contributed by atoms with Crippen LogP contribution in [0.25, 0.3) is 0 Å². The number of amides is 1. The highest BCUT2D eigenvalue weighted by Gasteiger charge is 2.30. The first-order valence-electron chi connectivity index (χ1n) is 8.36. The molecule has 0 unspecified atom stereocenters. The summed E-state index contributed by atoms with van der Waals surface area (Å²) in [5, 5.41) is 2.50. The monoisotopic (exact) mass is 414 g/mol. The smallest absolute Gasteiger partial charge is 0.422 e. The molecule has 1 fully saturated rings. The second kappa shape index (κ2) is 7.70. The molecule has 0 radical (unpaired) electrons. The zero-order valence-electron chi connectivity index (χ0n) is 14.6. The van der Waals surface area contributed by atoms with Gasteiger partial charge in [0.2, 0.25) is 10.0 Å². The van der Waals surface area contributed by atoms with Gasteiger partial charge < -0.3 is 10.1 Å². The Hall–Kier alpha value is -2.75. The molecule has 0 saturated carbocycles. The Morgan fingerprint density at radius 3 is 2.57 bits per heavy atom. The van der Waals surface area contributed by atoms with E-state index in [1.807, 2.05) is 0 Å². The second-order valence-electron chi connectivity index (χ2n) is 6.15. The molecule has 28 heavy (non-hydrogen) atoms. The van der Waals surface area contributed by atoms with Crippen molar-refractivity contribution < 1.29 is 31.1 Å². The van der Waals surface area contributed by atoms with E-state index in [1.54, 1.807) is 18.2 Å². The molecule has 1 aliphatic rings. The molecule has 1 aliphatic heterocycles. The summed E-state index contributed by atoms with van der Waals surface area (Å²) in [6, 6.07) is 11.8. The Kier molecular flexibility index (Phi) is 5.50. The fourth-order valence-electron chi connectivity index (χ4n) is 2.78. The van der Waals surface area contributed by atoms with Crippen LogP contribution < -0.4 is 14.4 Å². The first-order valence-corrected chi connectivity index (χ1v) is 9.97. The van der Waals surface area contributed by atoms with E-state index < -0.39 is 28.7 Å². The number of hydrogen-bond acceptors (Lipinski definition) is 4. The minimum absolute atomic E-state index is 0.0490. The van der Waals surface area contributed by atoms with Crippen molar-refractivity contribution in [2.75, 3.05) is 28.5 Å². The van der Waals surface area contributed by atoms with E-state index in [1.165, 1.54) is 34.6 Å². The Bertz CT molecular complexity index is 977. The molecular formula is C18H17F3N2O4S. The number of alkyl halides is 3. The van der Waals surface area contributed by atoms with Gasteiger partial charge in [0, 0.05) is 12.1 Å². The topological polar surface area (TPSA) is 75.7 Å². The van der Waals surface area contributed by atoms with Crippen LogP contribution in [0, 0.1) is 0 Å². The SMILES string of the molecule is O=C(Nc1ccccc1OCC(F)(F)F)c1cccc(N2CCCS2(=O)=O)c1. The third kappa shape index (κ3) is 4.75. The van der Waals surface area contributed by atoms with E-state index in [0.29, 0.717) is 18.7 Å². The maximum Gasteiger partial charge on any atom is 0.422 e. The molecule has 2 aromatic rings. The van der Waals surface area contributed by atoms with Crippen LogP contribution in [0.1, 0.15) is 16.8 Å².